The number of aryl methyl sites for hydroxylation is 1. The van der Waals surface area contributed by atoms with Crippen molar-refractivity contribution in [2.45, 2.75) is 44.7 Å². The zero-order valence-corrected chi connectivity index (χ0v) is 18.3. The van der Waals surface area contributed by atoms with Crippen LogP contribution in [-0.4, -0.2) is 16.5 Å². The number of rotatable bonds is 8. The summed E-state index contributed by atoms with van der Waals surface area (Å²) < 4.78 is 8.36. The molecule has 4 aromatic rings. The van der Waals surface area contributed by atoms with Crippen LogP contribution in [0.3, 0.4) is 0 Å². The summed E-state index contributed by atoms with van der Waals surface area (Å²) in [7, 11) is 0. The van der Waals surface area contributed by atoms with Gasteiger partial charge < -0.3 is 14.6 Å². The average molecular weight is 425 g/mol. The highest BCUT2D eigenvalue weighted by molar-refractivity contribution is 5.86. The minimum atomic E-state index is -0.0502. The van der Waals surface area contributed by atoms with Gasteiger partial charge in [-0.15, -0.1) is 0 Å². The van der Waals surface area contributed by atoms with Crippen LogP contribution in [0.1, 0.15) is 43.2 Å². The molecule has 32 heavy (non-hydrogen) atoms. The van der Waals surface area contributed by atoms with Crippen LogP contribution in [0.5, 0.6) is 11.5 Å². The molecule has 1 aliphatic rings. The van der Waals surface area contributed by atoms with E-state index in [0.29, 0.717) is 12.5 Å². The van der Waals surface area contributed by atoms with Crippen molar-refractivity contribution in [3.63, 3.8) is 0 Å². The number of carbonyl (C=O) groups excluding carboxylic acids is 1. The van der Waals surface area contributed by atoms with Crippen LogP contribution in [0.2, 0.25) is 0 Å². The fraction of sp³-hybridized carbons (Fsp3) is 0.250. The summed E-state index contributed by atoms with van der Waals surface area (Å²) in [6.07, 6.45) is 4.81. The van der Waals surface area contributed by atoms with Crippen LogP contribution in [0.4, 0.5) is 0 Å². The van der Waals surface area contributed by atoms with E-state index >= 15 is 0 Å². The standard InChI is InChI=1S/C28H28N2O2/c1-2-30-19-26(24-13-6-7-14-27(24)30)25(18-28(31)29-21-15-16-21)20-9-8-12-23(17-20)32-22-10-4-3-5-11-22/h3-14,17,19,21,25H,2,15-16,18H2,1H3,(H,29,31). The Morgan fingerprint density at radius 3 is 2.53 bits per heavy atom. The molecule has 1 aromatic heterocycles. The van der Waals surface area contributed by atoms with Crippen LogP contribution in [0.25, 0.3) is 10.9 Å². The molecule has 0 aliphatic heterocycles. The lowest BCUT2D eigenvalue weighted by atomic mass is 9.88. The fourth-order valence-corrected chi connectivity index (χ4v) is 4.34. The summed E-state index contributed by atoms with van der Waals surface area (Å²) in [6.45, 7) is 3.04. The topological polar surface area (TPSA) is 43.3 Å². The van der Waals surface area contributed by atoms with Crippen molar-refractivity contribution in [1.29, 1.82) is 0 Å². The Morgan fingerprint density at radius 1 is 1.00 bits per heavy atom. The molecule has 1 unspecified atom stereocenters. The predicted molar refractivity (Wildman–Crippen MR) is 128 cm³/mol. The van der Waals surface area contributed by atoms with Crippen LogP contribution in [-0.2, 0) is 11.3 Å². The zero-order valence-electron chi connectivity index (χ0n) is 18.3. The fourth-order valence-electron chi connectivity index (χ4n) is 4.34. The number of benzene rings is 3. The van der Waals surface area contributed by atoms with E-state index in [1.807, 2.05) is 42.5 Å². The van der Waals surface area contributed by atoms with Crippen LogP contribution in [0.15, 0.2) is 85.1 Å². The van der Waals surface area contributed by atoms with Crippen LogP contribution < -0.4 is 10.1 Å². The van der Waals surface area contributed by atoms with Gasteiger partial charge in [0.1, 0.15) is 11.5 Å². The molecule has 0 bridgehead atoms. The van der Waals surface area contributed by atoms with E-state index in [-0.39, 0.29) is 11.8 Å². The Bertz CT molecular complexity index is 1220. The molecule has 1 fully saturated rings. The number of aromatic nitrogens is 1. The molecule has 5 rings (SSSR count). The highest BCUT2D eigenvalue weighted by atomic mass is 16.5. The van der Waals surface area contributed by atoms with Crippen molar-refractivity contribution in [3.05, 3.63) is 96.2 Å². The smallest absolute Gasteiger partial charge is 0.221 e. The first kappa shape index (κ1) is 20.4. The summed E-state index contributed by atoms with van der Waals surface area (Å²) in [6, 6.07) is 26.7. The monoisotopic (exact) mass is 424 g/mol. The molecule has 4 nitrogen and oxygen atoms in total. The van der Waals surface area contributed by atoms with Gasteiger partial charge >= 0.3 is 0 Å². The lowest BCUT2D eigenvalue weighted by Gasteiger charge is -2.18. The number of carbonyl (C=O) groups is 1. The van der Waals surface area contributed by atoms with Gasteiger partial charge in [-0.05, 0) is 61.2 Å². The van der Waals surface area contributed by atoms with Crippen molar-refractivity contribution in [3.8, 4) is 11.5 Å². The molecule has 1 aliphatic carbocycles. The van der Waals surface area contributed by atoms with Crippen molar-refractivity contribution < 1.29 is 9.53 Å². The second kappa shape index (κ2) is 8.91. The van der Waals surface area contributed by atoms with E-state index in [0.717, 1.165) is 36.4 Å². The lowest BCUT2D eigenvalue weighted by Crippen LogP contribution is -2.27. The Labute approximate surface area is 188 Å². The normalized spacial score (nSPS) is 14.3. The maximum Gasteiger partial charge on any atom is 0.221 e. The van der Waals surface area contributed by atoms with Crippen molar-refractivity contribution in [2.24, 2.45) is 0 Å². The van der Waals surface area contributed by atoms with Gasteiger partial charge in [-0.2, -0.15) is 0 Å². The molecule has 0 saturated heterocycles. The van der Waals surface area contributed by atoms with Gasteiger partial charge in [0.2, 0.25) is 5.91 Å². The summed E-state index contributed by atoms with van der Waals surface area (Å²) >= 11 is 0. The molecule has 3 aromatic carbocycles. The summed E-state index contributed by atoms with van der Waals surface area (Å²) in [5, 5.41) is 4.37. The number of fused-ring (bicyclic) bond motifs is 1. The molecule has 4 heteroatoms. The maximum atomic E-state index is 12.9. The van der Waals surface area contributed by atoms with Gasteiger partial charge in [0.05, 0.1) is 0 Å². The zero-order chi connectivity index (χ0) is 21.9. The van der Waals surface area contributed by atoms with Gasteiger partial charge in [-0.25, -0.2) is 0 Å². The molecule has 0 radical (unpaired) electrons. The molecule has 1 atom stereocenters. The number of amides is 1. The highest BCUT2D eigenvalue weighted by Gasteiger charge is 2.27. The first-order valence-electron chi connectivity index (χ1n) is 11.4. The van der Waals surface area contributed by atoms with E-state index in [1.165, 1.54) is 16.5 Å². The largest absolute Gasteiger partial charge is 0.457 e. The van der Waals surface area contributed by atoms with E-state index in [9.17, 15) is 4.79 Å². The molecular weight excluding hydrogens is 396 g/mol. The number of nitrogens with zero attached hydrogens (tertiary/aromatic N) is 1. The van der Waals surface area contributed by atoms with Gasteiger partial charge in [0.15, 0.2) is 0 Å². The minimum Gasteiger partial charge on any atom is -0.457 e. The van der Waals surface area contributed by atoms with E-state index in [4.69, 9.17) is 4.74 Å². The first-order chi connectivity index (χ1) is 15.7. The van der Waals surface area contributed by atoms with Gasteiger partial charge in [-0.3, -0.25) is 4.79 Å². The quantitative estimate of drug-likeness (QED) is 0.363. The van der Waals surface area contributed by atoms with Crippen molar-refractivity contribution in [1.82, 2.24) is 9.88 Å². The molecule has 1 amide bonds. The van der Waals surface area contributed by atoms with E-state index in [2.05, 4.69) is 59.4 Å². The van der Waals surface area contributed by atoms with Crippen LogP contribution in [0, 0.1) is 0 Å². The predicted octanol–water partition coefficient (Wildman–Crippen LogP) is 6.25. The first-order valence-corrected chi connectivity index (χ1v) is 11.4. The molecule has 0 spiro atoms. The summed E-state index contributed by atoms with van der Waals surface area (Å²) in [5.74, 6) is 1.64. The lowest BCUT2D eigenvalue weighted by molar-refractivity contribution is -0.121. The van der Waals surface area contributed by atoms with E-state index in [1.54, 1.807) is 0 Å². The van der Waals surface area contributed by atoms with Gasteiger partial charge in [-0.1, -0.05) is 48.5 Å². The second-order valence-corrected chi connectivity index (χ2v) is 8.47. The minimum absolute atomic E-state index is 0.0502. The highest BCUT2D eigenvalue weighted by Crippen LogP contribution is 2.37. The third-order valence-corrected chi connectivity index (χ3v) is 6.11. The SMILES string of the molecule is CCn1cc(C(CC(=O)NC2CC2)c2cccc(Oc3ccccc3)c2)c2ccccc21. The molecule has 1 heterocycles. The number of hydrogen-bond donors (Lipinski definition) is 1. The Hall–Kier alpha value is -3.53. The molecule has 1 N–H and O–H groups in total. The Kier molecular flexibility index (Phi) is 5.68. The third-order valence-electron chi connectivity index (χ3n) is 6.11. The summed E-state index contributed by atoms with van der Waals surface area (Å²) in [4.78, 5) is 12.9. The van der Waals surface area contributed by atoms with Crippen LogP contribution >= 0.6 is 0 Å². The van der Waals surface area contributed by atoms with Gasteiger partial charge in [0.25, 0.3) is 0 Å². The summed E-state index contributed by atoms with van der Waals surface area (Å²) in [5.41, 5.74) is 3.47. The Balaban J connectivity index is 1.53. The molecule has 162 valence electrons. The maximum absolute atomic E-state index is 12.9. The number of ether oxygens (including phenoxy) is 1. The van der Waals surface area contributed by atoms with Crippen molar-refractivity contribution >= 4 is 16.8 Å². The van der Waals surface area contributed by atoms with E-state index < -0.39 is 0 Å². The third kappa shape index (κ3) is 4.40. The average Bonchev–Trinajstić information content (AvgIpc) is 3.56. The number of hydrogen-bond acceptors (Lipinski definition) is 2. The number of nitrogens with one attached hydrogen (secondary N) is 1. The number of para-hydroxylation sites is 2. The van der Waals surface area contributed by atoms with Crippen molar-refractivity contribution in [2.75, 3.05) is 0 Å². The molecular formula is C28H28N2O2. The Morgan fingerprint density at radius 2 is 1.75 bits per heavy atom. The molecule has 1 saturated carbocycles. The second-order valence-electron chi connectivity index (χ2n) is 8.47. The van der Waals surface area contributed by atoms with Gasteiger partial charge in [0, 0.05) is 42.0 Å².